The van der Waals surface area contributed by atoms with Crippen molar-refractivity contribution in [2.75, 3.05) is 6.61 Å². The van der Waals surface area contributed by atoms with Crippen molar-refractivity contribution in [3.63, 3.8) is 0 Å². The third-order valence-corrected chi connectivity index (χ3v) is 2.36. The van der Waals surface area contributed by atoms with Crippen molar-refractivity contribution >= 4 is 12.0 Å². The lowest BCUT2D eigenvalue weighted by molar-refractivity contribution is -0.434. The van der Waals surface area contributed by atoms with E-state index in [2.05, 4.69) is 4.74 Å². The van der Waals surface area contributed by atoms with Gasteiger partial charge in [0.1, 0.15) is 0 Å². The first-order valence-corrected chi connectivity index (χ1v) is 5.98. The summed E-state index contributed by atoms with van der Waals surface area (Å²) in [6.45, 7) is 1.59. The third-order valence-electron chi connectivity index (χ3n) is 2.36. The van der Waals surface area contributed by atoms with Crippen molar-refractivity contribution in [1.82, 2.24) is 0 Å². The molecule has 0 saturated heterocycles. The number of carbonyl (C=O) groups is 1. The van der Waals surface area contributed by atoms with E-state index >= 15 is 0 Å². The average molecular weight is 277 g/mol. The molecule has 0 aliphatic rings. The number of benzene rings is 1. The number of nitrogens with zero attached hydrogens (tertiary/aromatic N) is 1. The molecular formula is C14H15NO5. The molecule has 0 radical (unpaired) electrons. The summed E-state index contributed by atoms with van der Waals surface area (Å²) in [5.41, 5.74) is 0.215. The molecule has 0 amide bonds. The highest BCUT2D eigenvalue weighted by molar-refractivity contribution is 5.77. The van der Waals surface area contributed by atoms with Crippen LogP contribution in [0.25, 0.3) is 6.08 Å². The van der Waals surface area contributed by atoms with E-state index in [-0.39, 0.29) is 6.61 Å². The molecule has 0 aromatic heterocycles. The summed E-state index contributed by atoms with van der Waals surface area (Å²) in [5.74, 6) is -1.04. The normalized spacial score (nSPS) is 13.2. The van der Waals surface area contributed by atoms with Gasteiger partial charge in [-0.1, -0.05) is 42.5 Å². The van der Waals surface area contributed by atoms with Crippen LogP contribution in [-0.4, -0.2) is 28.7 Å². The topological polar surface area (TPSA) is 89.7 Å². The second-order valence-electron chi connectivity index (χ2n) is 3.77. The van der Waals surface area contributed by atoms with Crippen molar-refractivity contribution in [3.05, 3.63) is 63.9 Å². The van der Waals surface area contributed by atoms with Gasteiger partial charge in [-0.25, -0.2) is 4.79 Å². The van der Waals surface area contributed by atoms with Crippen LogP contribution in [0.15, 0.2) is 48.2 Å². The summed E-state index contributed by atoms with van der Waals surface area (Å²) >= 11 is 0. The number of hydrogen-bond acceptors (Lipinski definition) is 5. The van der Waals surface area contributed by atoms with Gasteiger partial charge in [-0.3, -0.25) is 10.1 Å². The van der Waals surface area contributed by atoms with Gasteiger partial charge in [-0.05, 0) is 12.5 Å². The molecule has 1 aromatic carbocycles. The Labute approximate surface area is 116 Å². The Bertz CT molecular complexity index is 522. The zero-order valence-electron chi connectivity index (χ0n) is 10.9. The second kappa shape index (κ2) is 7.85. The van der Waals surface area contributed by atoms with Gasteiger partial charge < -0.3 is 9.84 Å². The Balaban J connectivity index is 2.86. The largest absolute Gasteiger partial charge is 0.464 e. The molecule has 1 atom stereocenters. The predicted octanol–water partition coefficient (Wildman–Crippen LogP) is 1.78. The van der Waals surface area contributed by atoms with Crippen LogP contribution in [0.1, 0.15) is 12.5 Å². The van der Waals surface area contributed by atoms with Crippen LogP contribution in [0.5, 0.6) is 0 Å². The van der Waals surface area contributed by atoms with Crippen LogP contribution in [0.3, 0.4) is 0 Å². The minimum atomic E-state index is -1.90. The first-order valence-electron chi connectivity index (χ1n) is 5.98. The maximum absolute atomic E-state index is 11.3. The first kappa shape index (κ1) is 15.6. The molecule has 0 aliphatic heterocycles. The van der Waals surface area contributed by atoms with Crippen molar-refractivity contribution in [3.8, 4) is 0 Å². The molecule has 6 heteroatoms. The summed E-state index contributed by atoms with van der Waals surface area (Å²) in [4.78, 5) is 21.3. The van der Waals surface area contributed by atoms with E-state index in [0.29, 0.717) is 0 Å². The lowest BCUT2D eigenvalue weighted by atomic mass is 10.2. The molecule has 6 nitrogen and oxygen atoms in total. The number of carbonyl (C=O) groups excluding carboxylic acids is 1. The zero-order chi connectivity index (χ0) is 15.0. The Hall–Kier alpha value is -2.47. The van der Waals surface area contributed by atoms with Crippen LogP contribution in [-0.2, 0) is 9.53 Å². The molecule has 0 bridgehead atoms. The van der Waals surface area contributed by atoms with Gasteiger partial charge in [0, 0.05) is 6.08 Å². The van der Waals surface area contributed by atoms with Crippen molar-refractivity contribution in [2.45, 2.75) is 13.0 Å². The fraction of sp³-hybridized carbons (Fsp3) is 0.214. The summed E-state index contributed by atoms with van der Waals surface area (Å²) in [5, 5.41) is 20.4. The molecule has 0 aliphatic carbocycles. The fourth-order valence-corrected chi connectivity index (χ4v) is 1.42. The molecule has 1 aromatic rings. The number of ether oxygens (including phenoxy) is 1. The summed E-state index contributed by atoms with van der Waals surface area (Å²) in [7, 11) is 0. The SMILES string of the molecule is CCOC(=O)C(O)/C(=C\C=C\c1ccccc1)[N+](=O)[O-]. The molecule has 106 valence electrons. The molecular weight excluding hydrogens is 262 g/mol. The van der Waals surface area contributed by atoms with E-state index in [1.165, 1.54) is 6.08 Å². The second-order valence-corrected chi connectivity index (χ2v) is 3.77. The van der Waals surface area contributed by atoms with E-state index in [4.69, 9.17) is 0 Å². The van der Waals surface area contributed by atoms with Crippen LogP contribution in [0, 0.1) is 10.1 Å². The molecule has 1 N–H and O–H groups in total. The number of aliphatic hydroxyl groups excluding tert-OH is 1. The first-order chi connectivity index (χ1) is 9.56. The van der Waals surface area contributed by atoms with Gasteiger partial charge in [0.2, 0.25) is 6.10 Å². The highest BCUT2D eigenvalue weighted by Gasteiger charge is 2.30. The van der Waals surface area contributed by atoms with Crippen LogP contribution in [0.4, 0.5) is 0 Å². The summed E-state index contributed by atoms with van der Waals surface area (Å²) < 4.78 is 4.54. The number of hydrogen-bond donors (Lipinski definition) is 1. The Morgan fingerprint density at radius 1 is 1.45 bits per heavy atom. The number of esters is 1. The molecule has 0 fully saturated rings. The zero-order valence-corrected chi connectivity index (χ0v) is 10.9. The smallest absolute Gasteiger partial charge is 0.346 e. The number of allylic oxidation sites excluding steroid dienone is 2. The molecule has 1 rings (SSSR count). The maximum Gasteiger partial charge on any atom is 0.346 e. The van der Waals surface area contributed by atoms with Crippen molar-refractivity contribution in [2.24, 2.45) is 0 Å². The minimum absolute atomic E-state index is 0.0424. The molecule has 0 heterocycles. The van der Waals surface area contributed by atoms with Gasteiger partial charge in [0.05, 0.1) is 11.5 Å². The van der Waals surface area contributed by atoms with E-state index in [1.807, 2.05) is 30.3 Å². The highest BCUT2D eigenvalue weighted by Crippen LogP contribution is 2.08. The summed E-state index contributed by atoms with van der Waals surface area (Å²) in [6, 6.07) is 9.13. The van der Waals surface area contributed by atoms with Gasteiger partial charge in [-0.2, -0.15) is 0 Å². The lowest BCUT2D eigenvalue weighted by Crippen LogP contribution is -2.28. The van der Waals surface area contributed by atoms with Crippen molar-refractivity contribution in [1.29, 1.82) is 0 Å². The van der Waals surface area contributed by atoms with E-state index in [9.17, 15) is 20.0 Å². The third kappa shape index (κ3) is 4.66. The predicted molar refractivity (Wildman–Crippen MR) is 73.2 cm³/mol. The highest BCUT2D eigenvalue weighted by atomic mass is 16.6. The average Bonchev–Trinajstić information content (AvgIpc) is 2.44. The van der Waals surface area contributed by atoms with Crippen LogP contribution < -0.4 is 0 Å². The fourth-order valence-electron chi connectivity index (χ4n) is 1.42. The Morgan fingerprint density at radius 3 is 2.65 bits per heavy atom. The van der Waals surface area contributed by atoms with E-state index in [1.54, 1.807) is 13.0 Å². The number of rotatable bonds is 6. The molecule has 0 saturated carbocycles. The van der Waals surface area contributed by atoms with Crippen LogP contribution in [0.2, 0.25) is 0 Å². The van der Waals surface area contributed by atoms with Gasteiger partial charge in [0.15, 0.2) is 0 Å². The molecule has 0 spiro atoms. The van der Waals surface area contributed by atoms with Crippen LogP contribution >= 0.6 is 0 Å². The maximum atomic E-state index is 11.3. The standard InChI is InChI=1S/C14H15NO5/c1-2-20-14(17)13(16)12(15(18)19)10-6-9-11-7-4-3-5-8-11/h3-10,13,16H,2H2,1H3/b9-6+,12-10+. The molecule has 1 unspecified atom stereocenters. The van der Waals surface area contributed by atoms with Crippen molar-refractivity contribution < 1.29 is 19.6 Å². The minimum Gasteiger partial charge on any atom is -0.464 e. The van der Waals surface area contributed by atoms with Gasteiger partial charge in [-0.15, -0.1) is 0 Å². The lowest BCUT2D eigenvalue weighted by Gasteiger charge is -2.06. The van der Waals surface area contributed by atoms with E-state index in [0.717, 1.165) is 11.6 Å². The number of nitro groups is 1. The van der Waals surface area contributed by atoms with Gasteiger partial charge >= 0.3 is 5.97 Å². The summed E-state index contributed by atoms with van der Waals surface area (Å²) in [6.07, 6.45) is 2.21. The quantitative estimate of drug-likeness (QED) is 0.370. The monoisotopic (exact) mass is 277 g/mol. The van der Waals surface area contributed by atoms with Gasteiger partial charge in [0.25, 0.3) is 5.70 Å². The Kier molecular flexibility index (Phi) is 6.12. The number of aliphatic hydroxyl groups is 1. The van der Waals surface area contributed by atoms with E-state index < -0.39 is 22.7 Å². The molecule has 20 heavy (non-hydrogen) atoms. The Morgan fingerprint density at radius 2 is 2.10 bits per heavy atom.